The van der Waals surface area contributed by atoms with Crippen LogP contribution in [0.15, 0.2) is 18.2 Å². The number of hydrogen-bond acceptors (Lipinski definition) is 3. The molecule has 0 N–H and O–H groups in total. The van der Waals surface area contributed by atoms with Crippen LogP contribution in [0.25, 0.3) is 0 Å². The van der Waals surface area contributed by atoms with Gasteiger partial charge >= 0.3 is 0 Å². The van der Waals surface area contributed by atoms with Crippen molar-refractivity contribution in [3.05, 3.63) is 34.9 Å². The Morgan fingerprint density at radius 1 is 1.24 bits per heavy atom. The van der Waals surface area contributed by atoms with Gasteiger partial charge in [0.05, 0.1) is 5.75 Å². The summed E-state index contributed by atoms with van der Waals surface area (Å²) in [7, 11) is -3.26. The van der Waals surface area contributed by atoms with Crippen LogP contribution in [0.2, 0.25) is 0 Å². The van der Waals surface area contributed by atoms with Crippen molar-refractivity contribution in [1.82, 2.24) is 0 Å². The van der Waals surface area contributed by atoms with Crippen LogP contribution in [0.5, 0.6) is 0 Å². The monoisotopic (exact) mass is 254 g/mol. The summed E-state index contributed by atoms with van der Waals surface area (Å²) in [6.45, 7) is 5.50. The maximum Gasteiger partial charge on any atom is 0.178 e. The highest BCUT2D eigenvalue weighted by molar-refractivity contribution is 7.92. The molecule has 0 aliphatic heterocycles. The van der Waals surface area contributed by atoms with E-state index in [1.54, 1.807) is 13.0 Å². The summed E-state index contributed by atoms with van der Waals surface area (Å²) in [6, 6.07) is 5.50. The summed E-state index contributed by atoms with van der Waals surface area (Å²) in [5.41, 5.74) is 2.31. The van der Waals surface area contributed by atoms with Gasteiger partial charge in [0.25, 0.3) is 0 Å². The van der Waals surface area contributed by atoms with Gasteiger partial charge in [-0.15, -0.1) is 0 Å². The first kappa shape index (κ1) is 13.9. The van der Waals surface area contributed by atoms with Crippen LogP contribution < -0.4 is 0 Å². The molecule has 0 saturated carbocycles. The lowest BCUT2D eigenvalue weighted by Gasteiger charge is -2.06. The molecule has 0 saturated heterocycles. The normalized spacial score (nSPS) is 11.5. The van der Waals surface area contributed by atoms with Crippen molar-refractivity contribution in [1.29, 1.82) is 0 Å². The number of carbonyl (C=O) groups is 1. The molecular formula is C13H18O3S. The van der Waals surface area contributed by atoms with Crippen molar-refractivity contribution in [2.75, 3.05) is 11.5 Å². The van der Waals surface area contributed by atoms with E-state index in [0.29, 0.717) is 12.0 Å². The highest BCUT2D eigenvalue weighted by Crippen LogP contribution is 2.12. The van der Waals surface area contributed by atoms with Gasteiger partial charge < -0.3 is 0 Å². The number of hydrogen-bond donors (Lipinski definition) is 0. The zero-order chi connectivity index (χ0) is 13.1. The van der Waals surface area contributed by atoms with E-state index in [1.165, 1.54) is 0 Å². The van der Waals surface area contributed by atoms with Gasteiger partial charge in [0, 0.05) is 5.56 Å². The Labute approximate surface area is 103 Å². The first-order valence-electron chi connectivity index (χ1n) is 5.66. The van der Waals surface area contributed by atoms with Gasteiger partial charge in [-0.2, -0.15) is 0 Å². The maximum absolute atomic E-state index is 11.9. The average Bonchev–Trinajstić information content (AvgIpc) is 2.20. The van der Waals surface area contributed by atoms with Crippen molar-refractivity contribution in [2.24, 2.45) is 0 Å². The van der Waals surface area contributed by atoms with Gasteiger partial charge in [0.15, 0.2) is 15.6 Å². The van der Waals surface area contributed by atoms with Gasteiger partial charge in [-0.1, -0.05) is 24.6 Å². The van der Waals surface area contributed by atoms with E-state index in [4.69, 9.17) is 0 Å². The van der Waals surface area contributed by atoms with E-state index in [0.717, 1.165) is 11.1 Å². The van der Waals surface area contributed by atoms with E-state index in [-0.39, 0.29) is 17.3 Å². The van der Waals surface area contributed by atoms with Crippen LogP contribution in [0, 0.1) is 13.8 Å². The van der Waals surface area contributed by atoms with Gasteiger partial charge in [-0.25, -0.2) is 8.42 Å². The molecule has 4 heteroatoms. The molecule has 1 rings (SSSR count). The molecule has 0 aliphatic carbocycles. The third kappa shape index (κ3) is 3.97. The van der Waals surface area contributed by atoms with Crippen LogP contribution in [0.3, 0.4) is 0 Å². The number of ketones is 1. The minimum Gasteiger partial charge on any atom is -0.293 e. The topological polar surface area (TPSA) is 51.2 Å². The quantitative estimate of drug-likeness (QED) is 0.758. The summed E-state index contributed by atoms with van der Waals surface area (Å²) in [5, 5.41) is 0. The molecular weight excluding hydrogens is 236 g/mol. The number of sulfone groups is 1. The van der Waals surface area contributed by atoms with Crippen LogP contribution in [0.4, 0.5) is 0 Å². The Hall–Kier alpha value is -1.16. The van der Waals surface area contributed by atoms with Crippen molar-refractivity contribution in [3.63, 3.8) is 0 Å². The average molecular weight is 254 g/mol. The third-order valence-corrected chi connectivity index (χ3v) is 4.29. The summed E-state index contributed by atoms with van der Waals surface area (Å²) in [4.78, 5) is 11.9. The fourth-order valence-corrected chi connectivity index (χ4v) is 3.02. The SMILES string of the molecule is CCCS(=O)(=O)CC(=O)c1cc(C)ccc1C. The van der Waals surface area contributed by atoms with Crippen molar-refractivity contribution < 1.29 is 13.2 Å². The highest BCUT2D eigenvalue weighted by atomic mass is 32.2. The molecule has 0 heterocycles. The molecule has 0 atom stereocenters. The lowest BCUT2D eigenvalue weighted by molar-refractivity contribution is 0.102. The van der Waals surface area contributed by atoms with E-state index < -0.39 is 9.84 Å². The molecule has 1 aromatic carbocycles. The molecule has 0 bridgehead atoms. The summed E-state index contributed by atoms with van der Waals surface area (Å²) in [6.07, 6.45) is 0.544. The molecule has 0 fully saturated rings. The Morgan fingerprint density at radius 2 is 1.88 bits per heavy atom. The number of aryl methyl sites for hydroxylation is 2. The molecule has 3 nitrogen and oxygen atoms in total. The van der Waals surface area contributed by atoms with Gasteiger partial charge in [0.1, 0.15) is 5.75 Å². The zero-order valence-corrected chi connectivity index (χ0v) is 11.3. The predicted octanol–water partition coefficient (Wildman–Crippen LogP) is 2.31. The third-order valence-electron chi connectivity index (χ3n) is 2.56. The van der Waals surface area contributed by atoms with E-state index in [1.807, 2.05) is 26.0 Å². The van der Waals surface area contributed by atoms with Gasteiger partial charge in [-0.3, -0.25) is 4.79 Å². The van der Waals surface area contributed by atoms with Gasteiger partial charge in [0.2, 0.25) is 0 Å². The predicted molar refractivity (Wildman–Crippen MR) is 69.2 cm³/mol. The summed E-state index contributed by atoms with van der Waals surface area (Å²) < 4.78 is 23.2. The molecule has 0 aliphatic rings. The molecule has 17 heavy (non-hydrogen) atoms. The zero-order valence-electron chi connectivity index (χ0n) is 10.5. The molecule has 0 radical (unpaired) electrons. The Balaban J connectivity index is 2.94. The second kappa shape index (κ2) is 5.45. The minimum atomic E-state index is -3.26. The van der Waals surface area contributed by atoms with Crippen LogP contribution >= 0.6 is 0 Å². The number of benzene rings is 1. The van der Waals surface area contributed by atoms with Crippen LogP contribution in [-0.4, -0.2) is 25.7 Å². The Kier molecular flexibility index (Phi) is 4.46. The smallest absolute Gasteiger partial charge is 0.178 e. The Morgan fingerprint density at radius 3 is 2.47 bits per heavy atom. The fraction of sp³-hybridized carbons (Fsp3) is 0.462. The second-order valence-corrected chi connectivity index (χ2v) is 6.52. The van der Waals surface area contributed by atoms with E-state index in [9.17, 15) is 13.2 Å². The molecule has 0 aromatic heterocycles. The summed E-state index contributed by atoms with van der Waals surface area (Å²) in [5.74, 6) is -0.617. The largest absolute Gasteiger partial charge is 0.293 e. The first-order valence-corrected chi connectivity index (χ1v) is 7.48. The molecule has 0 spiro atoms. The van der Waals surface area contributed by atoms with Crippen LogP contribution in [0.1, 0.15) is 34.8 Å². The van der Waals surface area contributed by atoms with Crippen molar-refractivity contribution in [3.8, 4) is 0 Å². The lowest BCUT2D eigenvalue weighted by atomic mass is 10.0. The number of carbonyl (C=O) groups excluding carboxylic acids is 1. The first-order chi connectivity index (χ1) is 7.85. The summed E-state index contributed by atoms with van der Waals surface area (Å²) >= 11 is 0. The Bertz CT molecular complexity index is 515. The molecule has 0 amide bonds. The molecule has 94 valence electrons. The molecule has 1 aromatic rings. The lowest BCUT2D eigenvalue weighted by Crippen LogP contribution is -2.19. The number of Topliss-reactive ketones (excluding diaryl/α,β-unsaturated/α-hetero) is 1. The van der Waals surface area contributed by atoms with Crippen molar-refractivity contribution in [2.45, 2.75) is 27.2 Å². The molecule has 0 unspecified atom stereocenters. The van der Waals surface area contributed by atoms with Crippen LogP contribution in [-0.2, 0) is 9.84 Å². The fourth-order valence-electron chi connectivity index (χ4n) is 1.70. The van der Waals surface area contributed by atoms with Gasteiger partial charge in [-0.05, 0) is 31.9 Å². The standard InChI is InChI=1S/C13H18O3S/c1-4-7-17(15,16)9-13(14)12-8-10(2)5-6-11(12)3/h5-6,8H,4,7,9H2,1-3H3. The van der Waals surface area contributed by atoms with Crippen molar-refractivity contribution >= 4 is 15.6 Å². The minimum absolute atomic E-state index is 0.0730. The highest BCUT2D eigenvalue weighted by Gasteiger charge is 2.18. The van der Waals surface area contributed by atoms with E-state index >= 15 is 0 Å². The van der Waals surface area contributed by atoms with E-state index in [2.05, 4.69) is 0 Å². The second-order valence-electron chi connectivity index (χ2n) is 4.33. The number of rotatable bonds is 5. The maximum atomic E-state index is 11.9.